The minimum atomic E-state index is -0.488. The lowest BCUT2D eigenvalue weighted by molar-refractivity contribution is 1.22. The van der Waals surface area contributed by atoms with Crippen LogP contribution in [0.25, 0.3) is 0 Å². The second-order valence-electron chi connectivity index (χ2n) is 2.35. The average Bonchev–Trinajstić information content (AvgIpc) is 1.80. The van der Waals surface area contributed by atoms with Gasteiger partial charge in [0.15, 0.2) is 8.57 Å². The van der Waals surface area contributed by atoms with Crippen LogP contribution in [0, 0.1) is 13.8 Å². The molecule has 0 amide bonds. The first-order valence-electron chi connectivity index (χ1n) is 3.11. The highest BCUT2D eigenvalue weighted by atomic mass is 28.2. The third kappa shape index (κ3) is 1.45. The maximum absolute atomic E-state index is 4.46. The van der Waals surface area contributed by atoms with Gasteiger partial charge in [-0.05, 0) is 26.0 Å². The van der Waals surface area contributed by atoms with Gasteiger partial charge in [0.05, 0.1) is 0 Å². The van der Waals surface area contributed by atoms with Crippen LogP contribution in [0.4, 0.5) is 0 Å². The highest BCUT2D eigenvalue weighted by Gasteiger charge is 1.91. The van der Waals surface area contributed by atoms with Crippen molar-refractivity contribution in [2.24, 2.45) is 6.55 Å². The van der Waals surface area contributed by atoms with Gasteiger partial charge in [0.2, 0.25) is 0 Å². The Balaban J connectivity index is 3.17. The molecule has 9 heavy (non-hydrogen) atoms. The molecule has 1 nitrogen and oxygen atoms in total. The number of nitrogens with zero attached hydrogens (tertiary/aromatic N) is 1. The first-order chi connectivity index (χ1) is 4.20. The highest BCUT2D eigenvalue weighted by molar-refractivity contribution is 6.41. The molecule has 0 atom stereocenters. The minimum Gasteiger partial charge on any atom is -0.302 e. The molecule has 0 aliphatic heterocycles. The van der Waals surface area contributed by atoms with Crippen molar-refractivity contribution in [3.63, 3.8) is 0 Å². The van der Waals surface area contributed by atoms with E-state index in [1.165, 1.54) is 11.3 Å². The van der Waals surface area contributed by atoms with E-state index in [0.29, 0.717) is 0 Å². The molecule has 1 heterocycles. The topological polar surface area (TPSA) is 12.9 Å². The molecule has 0 aliphatic carbocycles. The SMILES string of the molecule is Cc1cc[si](C)nc1C. The van der Waals surface area contributed by atoms with Crippen molar-refractivity contribution in [1.82, 2.24) is 4.64 Å². The van der Waals surface area contributed by atoms with Crippen molar-refractivity contribution in [2.75, 3.05) is 0 Å². The molecule has 2 heteroatoms. The number of hydrogen-bond acceptors (Lipinski definition) is 1. The van der Waals surface area contributed by atoms with Crippen LogP contribution in [-0.2, 0) is 6.55 Å². The van der Waals surface area contributed by atoms with E-state index in [-0.39, 0.29) is 0 Å². The predicted molar refractivity (Wildman–Crippen MR) is 40.6 cm³/mol. The lowest BCUT2D eigenvalue weighted by atomic mass is 10.3. The fourth-order valence-electron chi connectivity index (χ4n) is 0.756. The normalized spacial score (nSPS) is 9.67. The minimum absolute atomic E-state index is 0.488. The summed E-state index contributed by atoms with van der Waals surface area (Å²) in [5, 5.41) is 0. The molecule has 1 aromatic rings. The maximum Gasteiger partial charge on any atom is 0.152 e. The Morgan fingerprint density at radius 3 is 2.56 bits per heavy atom. The Hall–Kier alpha value is -0.503. The van der Waals surface area contributed by atoms with Crippen molar-refractivity contribution in [2.45, 2.75) is 13.8 Å². The first kappa shape index (κ1) is 6.61. The second kappa shape index (κ2) is 2.39. The van der Waals surface area contributed by atoms with Crippen LogP contribution in [0.15, 0.2) is 11.7 Å². The summed E-state index contributed by atoms with van der Waals surface area (Å²) in [6.45, 7) is 6.37. The fourth-order valence-corrected chi connectivity index (χ4v) is 2.03. The van der Waals surface area contributed by atoms with Crippen molar-refractivity contribution < 1.29 is 0 Å². The molecular formula is C7H11NSi. The van der Waals surface area contributed by atoms with Gasteiger partial charge in [-0.2, -0.15) is 0 Å². The van der Waals surface area contributed by atoms with E-state index in [1.807, 2.05) is 0 Å². The van der Waals surface area contributed by atoms with Gasteiger partial charge in [0.1, 0.15) is 0 Å². The molecule has 0 N–H and O–H groups in total. The van der Waals surface area contributed by atoms with Gasteiger partial charge in [-0.3, -0.25) is 0 Å². The summed E-state index contributed by atoms with van der Waals surface area (Å²) < 4.78 is 4.46. The summed E-state index contributed by atoms with van der Waals surface area (Å²) in [4.78, 5) is 0. The van der Waals surface area contributed by atoms with Gasteiger partial charge >= 0.3 is 0 Å². The standard InChI is InChI=1S/C7H11NSi/c1-6-4-5-9(3)8-7(6)2/h4-5H,1-3H3. The number of rotatable bonds is 0. The van der Waals surface area contributed by atoms with Crippen molar-refractivity contribution in [1.29, 1.82) is 0 Å². The van der Waals surface area contributed by atoms with E-state index in [0.717, 1.165) is 0 Å². The van der Waals surface area contributed by atoms with Gasteiger partial charge in [0.25, 0.3) is 0 Å². The molecule has 0 aromatic carbocycles. The van der Waals surface area contributed by atoms with E-state index in [2.05, 4.69) is 36.8 Å². The Kier molecular flexibility index (Phi) is 1.76. The van der Waals surface area contributed by atoms with Crippen LogP contribution in [0.5, 0.6) is 0 Å². The van der Waals surface area contributed by atoms with Crippen LogP contribution in [-0.4, -0.2) is 13.2 Å². The molecule has 0 aliphatic rings. The van der Waals surface area contributed by atoms with Crippen LogP contribution in [0.3, 0.4) is 0 Å². The van der Waals surface area contributed by atoms with Crippen LogP contribution < -0.4 is 0 Å². The summed E-state index contributed by atoms with van der Waals surface area (Å²) >= 11 is 0. The Labute approximate surface area is 57.4 Å². The molecule has 0 unspecified atom stereocenters. The number of hydrogen-bond donors (Lipinski definition) is 0. The number of aryl methyl sites for hydroxylation is 3. The molecule has 0 radical (unpaired) electrons. The van der Waals surface area contributed by atoms with E-state index in [1.54, 1.807) is 0 Å². The van der Waals surface area contributed by atoms with Crippen LogP contribution in [0.2, 0.25) is 0 Å². The summed E-state index contributed by atoms with van der Waals surface area (Å²) in [5.41, 5.74) is 4.74. The summed E-state index contributed by atoms with van der Waals surface area (Å²) in [7, 11) is -0.488. The monoisotopic (exact) mass is 137 g/mol. The molecule has 1 aromatic heterocycles. The van der Waals surface area contributed by atoms with Crippen molar-refractivity contribution >= 4 is 8.57 Å². The van der Waals surface area contributed by atoms with Gasteiger partial charge in [-0.15, -0.1) is 0 Å². The Morgan fingerprint density at radius 1 is 1.44 bits per heavy atom. The smallest absolute Gasteiger partial charge is 0.152 e. The Bertz CT molecular complexity index is 220. The molecule has 0 fully saturated rings. The van der Waals surface area contributed by atoms with E-state index in [4.69, 9.17) is 0 Å². The molecule has 0 saturated heterocycles. The van der Waals surface area contributed by atoms with Crippen LogP contribution in [0.1, 0.15) is 11.3 Å². The summed E-state index contributed by atoms with van der Waals surface area (Å²) in [6.07, 6.45) is 0. The number of aromatic nitrogens is 1. The summed E-state index contributed by atoms with van der Waals surface area (Å²) in [6, 6.07) is 2.18. The zero-order chi connectivity index (χ0) is 6.85. The van der Waals surface area contributed by atoms with Crippen LogP contribution >= 0.6 is 0 Å². The quantitative estimate of drug-likeness (QED) is 0.491. The highest BCUT2D eigenvalue weighted by Crippen LogP contribution is 1.98. The molecule has 1 rings (SSSR count). The molecule has 48 valence electrons. The predicted octanol–water partition coefficient (Wildman–Crippen LogP) is 1.26. The van der Waals surface area contributed by atoms with Crippen molar-refractivity contribution in [3.8, 4) is 0 Å². The molecular weight excluding hydrogens is 126 g/mol. The average molecular weight is 137 g/mol. The second-order valence-corrected chi connectivity index (χ2v) is 4.19. The fraction of sp³-hybridized carbons (Fsp3) is 0.429. The molecule has 0 bridgehead atoms. The van der Waals surface area contributed by atoms with E-state index >= 15 is 0 Å². The molecule has 0 saturated carbocycles. The zero-order valence-electron chi connectivity index (χ0n) is 6.10. The first-order valence-corrected chi connectivity index (χ1v) is 5.13. The van der Waals surface area contributed by atoms with E-state index < -0.39 is 8.57 Å². The lowest BCUT2D eigenvalue weighted by Crippen LogP contribution is -2.00. The van der Waals surface area contributed by atoms with Gasteiger partial charge in [-0.25, -0.2) is 0 Å². The lowest BCUT2D eigenvalue weighted by Gasteiger charge is -1.97. The zero-order valence-corrected chi connectivity index (χ0v) is 7.10. The van der Waals surface area contributed by atoms with Gasteiger partial charge < -0.3 is 4.64 Å². The third-order valence-electron chi connectivity index (χ3n) is 1.49. The van der Waals surface area contributed by atoms with Gasteiger partial charge in [-0.1, -0.05) is 11.7 Å². The van der Waals surface area contributed by atoms with Gasteiger partial charge in [0, 0.05) is 5.69 Å². The summed E-state index contributed by atoms with van der Waals surface area (Å²) in [5.74, 6) is 0. The third-order valence-corrected chi connectivity index (χ3v) is 2.83. The Morgan fingerprint density at radius 2 is 2.11 bits per heavy atom. The largest absolute Gasteiger partial charge is 0.302 e. The van der Waals surface area contributed by atoms with E-state index in [9.17, 15) is 0 Å². The van der Waals surface area contributed by atoms with Crippen molar-refractivity contribution in [3.05, 3.63) is 23.0 Å². The maximum atomic E-state index is 4.46. The molecule has 0 spiro atoms.